The second kappa shape index (κ2) is 15.7. The summed E-state index contributed by atoms with van der Waals surface area (Å²) in [5.74, 6) is 4.92. The number of rotatable bonds is 11. The summed E-state index contributed by atoms with van der Waals surface area (Å²) in [7, 11) is 0. The van der Waals surface area contributed by atoms with Gasteiger partial charge in [0.1, 0.15) is 6.10 Å². The van der Waals surface area contributed by atoms with Crippen LogP contribution in [-0.2, 0) is 9.53 Å². The Morgan fingerprint density at radius 1 is 0.939 bits per heavy atom. The molecule has 3 saturated carbocycles. The minimum Gasteiger partial charge on any atom is -0.459 e. The van der Waals surface area contributed by atoms with Gasteiger partial charge in [-0.3, -0.25) is 0 Å². The number of carbonyl (C=O) groups is 1. The Balaban J connectivity index is 1.14. The van der Waals surface area contributed by atoms with Gasteiger partial charge in [-0.15, -0.1) is 0 Å². The summed E-state index contributed by atoms with van der Waals surface area (Å²) in [6.45, 7) is 23.7. The van der Waals surface area contributed by atoms with Crippen LogP contribution < -0.4 is 0 Å². The van der Waals surface area contributed by atoms with Gasteiger partial charge in [0.25, 0.3) is 0 Å². The lowest BCUT2D eigenvalue weighted by Crippen LogP contribution is -2.51. The molecule has 2 heteroatoms. The van der Waals surface area contributed by atoms with E-state index in [1.165, 1.54) is 87.3 Å². The van der Waals surface area contributed by atoms with Crippen molar-refractivity contribution in [3.05, 3.63) is 70.4 Å². The average Bonchev–Trinajstić information content (AvgIpc) is 3.37. The predicted octanol–water partition coefficient (Wildman–Crippen LogP) is 13.5. The maximum Gasteiger partial charge on any atom is 0.331 e. The molecular weight excluding hydrogens is 597 g/mol. The second-order valence-corrected chi connectivity index (χ2v) is 19.0. The van der Waals surface area contributed by atoms with E-state index in [1.54, 1.807) is 11.6 Å². The first-order valence-corrected chi connectivity index (χ1v) is 20.5. The molecule has 2 nitrogen and oxygen atoms in total. The minimum atomic E-state index is -0.194. The second-order valence-electron chi connectivity index (χ2n) is 19.0. The van der Waals surface area contributed by atoms with Crippen molar-refractivity contribution >= 4 is 5.97 Å². The molecule has 8 atom stereocenters. The first kappa shape index (κ1) is 38.1. The predicted molar refractivity (Wildman–Crippen MR) is 209 cm³/mol. The quantitative estimate of drug-likeness (QED) is 0.0948. The minimum absolute atomic E-state index is 0.00175. The van der Waals surface area contributed by atoms with E-state index in [2.05, 4.69) is 92.7 Å². The molecule has 0 radical (unpaired) electrons. The Morgan fingerprint density at radius 2 is 1.71 bits per heavy atom. The average molecular weight is 669 g/mol. The SMILES string of the molecule is CC1=C(/C=C/C(C)=C/C=C/C(C)=C/C(=O)O[C@H]2CC[C@@]3(C)C(=CC[C@H]4[C@@H]5CC[C@H]([C@H](C)CCCC(C)C)[C@@]5(C)CC[C@@H]43)C2)C(C)(C)CCC1. The smallest absolute Gasteiger partial charge is 0.331 e. The molecule has 3 fully saturated rings. The van der Waals surface area contributed by atoms with E-state index in [-0.39, 0.29) is 22.9 Å². The largest absolute Gasteiger partial charge is 0.459 e. The number of allylic oxidation sites excluding steroid dienone is 10. The third-order valence-electron chi connectivity index (χ3n) is 14.7. The molecule has 0 aromatic carbocycles. The van der Waals surface area contributed by atoms with E-state index in [9.17, 15) is 4.79 Å². The molecule has 272 valence electrons. The molecule has 0 spiro atoms. The van der Waals surface area contributed by atoms with Crippen molar-refractivity contribution in [2.24, 2.45) is 51.8 Å². The van der Waals surface area contributed by atoms with Gasteiger partial charge in [-0.1, -0.05) is 121 Å². The topological polar surface area (TPSA) is 26.3 Å². The summed E-state index contributed by atoms with van der Waals surface area (Å²) in [6.07, 6.45) is 33.0. The summed E-state index contributed by atoms with van der Waals surface area (Å²) < 4.78 is 6.11. The molecule has 0 aromatic heterocycles. The van der Waals surface area contributed by atoms with Crippen LogP contribution in [0.25, 0.3) is 0 Å². The monoisotopic (exact) mass is 669 g/mol. The van der Waals surface area contributed by atoms with Crippen LogP contribution in [0.5, 0.6) is 0 Å². The van der Waals surface area contributed by atoms with Gasteiger partial charge in [-0.25, -0.2) is 4.79 Å². The van der Waals surface area contributed by atoms with E-state index >= 15 is 0 Å². The van der Waals surface area contributed by atoms with E-state index in [0.29, 0.717) is 5.41 Å². The first-order valence-electron chi connectivity index (χ1n) is 20.5. The molecule has 5 aliphatic rings. The van der Waals surface area contributed by atoms with Gasteiger partial charge in [0, 0.05) is 12.5 Å². The fourth-order valence-corrected chi connectivity index (χ4v) is 11.8. The Morgan fingerprint density at radius 3 is 2.45 bits per heavy atom. The molecule has 0 aliphatic heterocycles. The van der Waals surface area contributed by atoms with Crippen LogP contribution in [0, 0.1) is 51.8 Å². The van der Waals surface area contributed by atoms with Crippen LogP contribution in [0.15, 0.2) is 70.4 Å². The van der Waals surface area contributed by atoms with Crippen molar-refractivity contribution in [3.8, 4) is 0 Å². The van der Waals surface area contributed by atoms with Gasteiger partial charge in [-0.2, -0.15) is 0 Å². The maximum atomic E-state index is 13.0. The van der Waals surface area contributed by atoms with Gasteiger partial charge < -0.3 is 4.74 Å². The van der Waals surface area contributed by atoms with E-state index < -0.39 is 0 Å². The molecule has 5 rings (SSSR count). The number of hydrogen-bond acceptors (Lipinski definition) is 2. The zero-order valence-electron chi connectivity index (χ0n) is 33.3. The van der Waals surface area contributed by atoms with E-state index in [0.717, 1.165) is 60.3 Å². The number of fused-ring (bicyclic) bond motifs is 5. The van der Waals surface area contributed by atoms with Gasteiger partial charge in [-0.05, 0) is 148 Å². The van der Waals surface area contributed by atoms with Crippen LogP contribution in [-0.4, -0.2) is 12.1 Å². The lowest BCUT2D eigenvalue weighted by molar-refractivity contribution is -0.145. The van der Waals surface area contributed by atoms with Crippen molar-refractivity contribution in [3.63, 3.8) is 0 Å². The standard InChI is InChI=1S/C47H72O2/c1-32(2)14-11-17-36(6)41-23-24-42-39-21-20-37-31-38(25-28-46(37,9)43(39)26-29-47(41,42)10)49-44(48)30-34(4)16-12-15-33(3)19-22-40-35(5)18-13-27-45(40,7)8/h12,15-16,19-20,22,30,32,36,38-39,41-43H,11,13-14,17-18,21,23-29,31H2,1-10H3/b16-12+,22-19+,33-15+,34-30+/t36-,38+,39+,41-,42+,43+,46+,47-/m1/s1. The molecule has 0 aromatic rings. The summed E-state index contributed by atoms with van der Waals surface area (Å²) in [4.78, 5) is 13.0. The molecule has 0 amide bonds. The lowest BCUT2D eigenvalue weighted by atomic mass is 9.47. The first-order chi connectivity index (χ1) is 23.1. The number of hydrogen-bond donors (Lipinski definition) is 0. The maximum absolute atomic E-state index is 13.0. The number of esters is 1. The Labute approximate surface area is 302 Å². The molecule has 49 heavy (non-hydrogen) atoms. The summed E-state index contributed by atoms with van der Waals surface area (Å²) in [5.41, 5.74) is 7.81. The Kier molecular flexibility index (Phi) is 12.2. The number of ether oxygens (including phenoxy) is 1. The fourth-order valence-electron chi connectivity index (χ4n) is 11.8. The Bertz CT molecular complexity index is 1380. The van der Waals surface area contributed by atoms with E-state index in [1.807, 2.05) is 13.0 Å². The fraction of sp³-hybridized carbons (Fsp3) is 0.723. The van der Waals surface area contributed by atoms with Crippen molar-refractivity contribution in [2.45, 2.75) is 165 Å². The molecule has 0 N–H and O–H groups in total. The van der Waals surface area contributed by atoms with Crippen LogP contribution in [0.1, 0.15) is 159 Å². The van der Waals surface area contributed by atoms with Crippen LogP contribution in [0.3, 0.4) is 0 Å². The van der Waals surface area contributed by atoms with Crippen molar-refractivity contribution in [1.29, 1.82) is 0 Å². The van der Waals surface area contributed by atoms with Crippen molar-refractivity contribution < 1.29 is 9.53 Å². The summed E-state index contributed by atoms with van der Waals surface area (Å²) >= 11 is 0. The van der Waals surface area contributed by atoms with Crippen molar-refractivity contribution in [1.82, 2.24) is 0 Å². The highest BCUT2D eigenvalue weighted by molar-refractivity contribution is 5.83. The normalized spacial score (nSPS) is 35.7. The third-order valence-corrected chi connectivity index (χ3v) is 14.7. The summed E-state index contributed by atoms with van der Waals surface area (Å²) in [5, 5.41) is 0. The number of carbonyl (C=O) groups excluding carboxylic acids is 1. The van der Waals surface area contributed by atoms with Gasteiger partial charge in [0.05, 0.1) is 0 Å². The highest BCUT2D eigenvalue weighted by Crippen LogP contribution is 2.67. The lowest BCUT2D eigenvalue weighted by Gasteiger charge is -2.58. The van der Waals surface area contributed by atoms with Crippen LogP contribution in [0.4, 0.5) is 0 Å². The third kappa shape index (κ3) is 8.52. The highest BCUT2D eigenvalue weighted by Gasteiger charge is 2.59. The van der Waals surface area contributed by atoms with E-state index in [4.69, 9.17) is 4.74 Å². The van der Waals surface area contributed by atoms with Crippen LogP contribution >= 0.6 is 0 Å². The molecular formula is C47H72O2. The van der Waals surface area contributed by atoms with Gasteiger partial charge >= 0.3 is 5.97 Å². The van der Waals surface area contributed by atoms with Gasteiger partial charge in [0.15, 0.2) is 0 Å². The molecule has 0 saturated heterocycles. The zero-order valence-corrected chi connectivity index (χ0v) is 33.3. The zero-order chi connectivity index (χ0) is 35.6. The molecule has 0 heterocycles. The van der Waals surface area contributed by atoms with Gasteiger partial charge in [0.2, 0.25) is 0 Å². The summed E-state index contributed by atoms with van der Waals surface area (Å²) in [6, 6.07) is 0. The molecule has 0 unspecified atom stereocenters. The molecule has 0 bridgehead atoms. The highest BCUT2D eigenvalue weighted by atomic mass is 16.5. The Hall–Kier alpha value is -2.09. The van der Waals surface area contributed by atoms with Crippen LogP contribution in [0.2, 0.25) is 0 Å². The van der Waals surface area contributed by atoms with Crippen molar-refractivity contribution in [2.75, 3.05) is 0 Å². The molecule has 5 aliphatic carbocycles.